The standard InChI is InChI=1S/C20H25N3O4S/c1-27-18-9-11-19(12-10-18)28(25,26)22-13-5-6-16(15-22)14-20(24)23(21)17-7-3-2-4-8-17/h2-4,7-12,16H,5-6,13-15,21H2,1H3. The van der Waals surface area contributed by atoms with Gasteiger partial charge in [-0.2, -0.15) is 4.31 Å². The molecule has 0 aromatic heterocycles. The van der Waals surface area contributed by atoms with Crippen molar-refractivity contribution < 1.29 is 17.9 Å². The predicted molar refractivity (Wildman–Crippen MR) is 107 cm³/mol. The number of rotatable bonds is 6. The van der Waals surface area contributed by atoms with Crippen LogP contribution in [0.2, 0.25) is 0 Å². The van der Waals surface area contributed by atoms with Crippen LogP contribution in [0.3, 0.4) is 0 Å². The minimum Gasteiger partial charge on any atom is -0.497 e. The summed E-state index contributed by atoms with van der Waals surface area (Å²) in [6, 6.07) is 15.3. The first-order chi connectivity index (χ1) is 13.4. The number of para-hydroxylation sites is 1. The second kappa shape index (κ2) is 8.72. The maximum Gasteiger partial charge on any atom is 0.243 e. The first kappa shape index (κ1) is 20.3. The van der Waals surface area contributed by atoms with Gasteiger partial charge in [-0.05, 0) is 55.2 Å². The number of nitrogens with two attached hydrogens (primary N) is 1. The zero-order valence-corrected chi connectivity index (χ0v) is 16.6. The molecule has 0 spiro atoms. The summed E-state index contributed by atoms with van der Waals surface area (Å²) in [5.41, 5.74) is 0.617. The van der Waals surface area contributed by atoms with Crippen molar-refractivity contribution in [2.45, 2.75) is 24.2 Å². The number of ether oxygens (including phenoxy) is 1. The molecule has 2 aromatic carbocycles. The number of amides is 1. The zero-order valence-electron chi connectivity index (χ0n) is 15.8. The summed E-state index contributed by atoms with van der Waals surface area (Å²) in [5.74, 6) is 6.25. The van der Waals surface area contributed by atoms with Crippen LogP contribution >= 0.6 is 0 Å². The highest BCUT2D eigenvalue weighted by atomic mass is 32.2. The number of hydrogen-bond donors (Lipinski definition) is 1. The Morgan fingerprint density at radius 2 is 1.86 bits per heavy atom. The van der Waals surface area contributed by atoms with Crippen LogP contribution in [0.25, 0.3) is 0 Å². The topological polar surface area (TPSA) is 92.9 Å². The van der Waals surface area contributed by atoms with Gasteiger partial charge in [-0.25, -0.2) is 19.3 Å². The molecule has 1 aliphatic heterocycles. The molecule has 1 atom stereocenters. The van der Waals surface area contributed by atoms with E-state index in [-0.39, 0.29) is 23.1 Å². The first-order valence-corrected chi connectivity index (χ1v) is 10.6. The van der Waals surface area contributed by atoms with Gasteiger partial charge in [0.25, 0.3) is 0 Å². The molecule has 0 saturated carbocycles. The Hall–Kier alpha value is -2.42. The largest absolute Gasteiger partial charge is 0.497 e. The normalized spacial score (nSPS) is 17.9. The molecule has 1 fully saturated rings. The summed E-state index contributed by atoms with van der Waals surface area (Å²) >= 11 is 0. The number of hydrogen-bond acceptors (Lipinski definition) is 5. The Kier molecular flexibility index (Phi) is 6.33. The van der Waals surface area contributed by atoms with Gasteiger partial charge in [-0.15, -0.1) is 0 Å². The zero-order chi connectivity index (χ0) is 20.1. The van der Waals surface area contributed by atoms with Gasteiger partial charge in [0, 0.05) is 19.5 Å². The lowest BCUT2D eigenvalue weighted by atomic mass is 9.96. The molecule has 150 valence electrons. The van der Waals surface area contributed by atoms with Gasteiger partial charge >= 0.3 is 0 Å². The van der Waals surface area contributed by atoms with Crippen LogP contribution in [-0.2, 0) is 14.8 Å². The molecule has 0 radical (unpaired) electrons. The van der Waals surface area contributed by atoms with E-state index < -0.39 is 10.0 Å². The first-order valence-electron chi connectivity index (χ1n) is 9.18. The Balaban J connectivity index is 1.67. The lowest BCUT2D eigenvalue weighted by Gasteiger charge is -2.32. The molecule has 8 heteroatoms. The maximum absolute atomic E-state index is 12.9. The third-order valence-electron chi connectivity index (χ3n) is 4.95. The van der Waals surface area contributed by atoms with Crippen molar-refractivity contribution in [2.75, 3.05) is 25.2 Å². The minimum absolute atomic E-state index is 0.0657. The molecule has 1 heterocycles. The number of benzene rings is 2. The van der Waals surface area contributed by atoms with Crippen molar-refractivity contribution in [3.05, 3.63) is 54.6 Å². The summed E-state index contributed by atoms with van der Waals surface area (Å²) < 4.78 is 32.4. The lowest BCUT2D eigenvalue weighted by molar-refractivity contribution is -0.119. The Bertz CT molecular complexity index is 901. The fourth-order valence-corrected chi connectivity index (χ4v) is 4.94. The number of piperidine rings is 1. The van der Waals surface area contributed by atoms with Crippen LogP contribution in [0.5, 0.6) is 5.75 Å². The molecule has 1 amide bonds. The molecule has 2 N–H and O–H groups in total. The molecule has 3 rings (SSSR count). The third kappa shape index (κ3) is 4.52. The fourth-order valence-electron chi connectivity index (χ4n) is 3.39. The summed E-state index contributed by atoms with van der Waals surface area (Å²) in [6.45, 7) is 0.757. The van der Waals surface area contributed by atoms with Crippen molar-refractivity contribution in [2.24, 2.45) is 11.8 Å². The van der Waals surface area contributed by atoms with E-state index in [1.165, 1.54) is 11.4 Å². The molecule has 0 bridgehead atoms. The number of sulfonamides is 1. The lowest BCUT2D eigenvalue weighted by Crippen LogP contribution is -2.43. The molecular formula is C20H25N3O4S. The van der Waals surface area contributed by atoms with Crippen LogP contribution in [0.15, 0.2) is 59.5 Å². The van der Waals surface area contributed by atoms with Crippen LogP contribution in [0.1, 0.15) is 19.3 Å². The highest BCUT2D eigenvalue weighted by Gasteiger charge is 2.31. The van der Waals surface area contributed by atoms with E-state index >= 15 is 0 Å². The van der Waals surface area contributed by atoms with Crippen LogP contribution in [0.4, 0.5) is 5.69 Å². The summed E-state index contributed by atoms with van der Waals surface area (Å²) in [5, 5.41) is 1.14. The van der Waals surface area contributed by atoms with E-state index in [1.54, 1.807) is 36.4 Å². The van der Waals surface area contributed by atoms with Gasteiger partial charge in [-0.3, -0.25) is 4.79 Å². The predicted octanol–water partition coefficient (Wildman–Crippen LogP) is 2.39. The molecule has 28 heavy (non-hydrogen) atoms. The van der Waals surface area contributed by atoms with Crippen LogP contribution in [-0.4, -0.2) is 38.8 Å². The smallest absolute Gasteiger partial charge is 0.243 e. The molecule has 7 nitrogen and oxygen atoms in total. The van der Waals surface area contributed by atoms with Gasteiger partial charge in [-0.1, -0.05) is 18.2 Å². The maximum atomic E-state index is 12.9. The summed E-state index contributed by atoms with van der Waals surface area (Å²) in [7, 11) is -2.07. The van der Waals surface area contributed by atoms with Crippen LogP contribution in [0, 0.1) is 5.92 Å². The van der Waals surface area contributed by atoms with Crippen molar-refractivity contribution in [3.8, 4) is 5.75 Å². The third-order valence-corrected chi connectivity index (χ3v) is 6.82. The second-order valence-corrected chi connectivity index (χ2v) is 8.79. The fraction of sp³-hybridized carbons (Fsp3) is 0.350. The minimum atomic E-state index is -3.61. The second-order valence-electron chi connectivity index (χ2n) is 6.85. The van der Waals surface area contributed by atoms with Gasteiger partial charge < -0.3 is 4.74 Å². The van der Waals surface area contributed by atoms with E-state index in [0.717, 1.165) is 11.4 Å². The highest BCUT2D eigenvalue weighted by Crippen LogP contribution is 2.27. The molecule has 1 saturated heterocycles. The van der Waals surface area contributed by atoms with Crippen molar-refractivity contribution >= 4 is 21.6 Å². The molecule has 1 unspecified atom stereocenters. The van der Waals surface area contributed by atoms with E-state index in [4.69, 9.17) is 10.6 Å². The number of nitrogens with zero attached hydrogens (tertiary/aromatic N) is 2. The Labute approximate surface area is 165 Å². The van der Waals surface area contributed by atoms with E-state index in [2.05, 4.69) is 0 Å². The Morgan fingerprint density at radius 1 is 1.18 bits per heavy atom. The monoisotopic (exact) mass is 403 g/mol. The van der Waals surface area contributed by atoms with Gasteiger partial charge in [0.05, 0.1) is 17.7 Å². The number of methoxy groups -OCH3 is 1. The highest BCUT2D eigenvalue weighted by molar-refractivity contribution is 7.89. The average molecular weight is 404 g/mol. The molecule has 1 aliphatic rings. The van der Waals surface area contributed by atoms with Gasteiger partial charge in [0.1, 0.15) is 5.75 Å². The van der Waals surface area contributed by atoms with E-state index in [0.29, 0.717) is 30.9 Å². The van der Waals surface area contributed by atoms with Crippen LogP contribution < -0.4 is 15.6 Å². The van der Waals surface area contributed by atoms with Crippen molar-refractivity contribution in [3.63, 3.8) is 0 Å². The van der Waals surface area contributed by atoms with E-state index in [9.17, 15) is 13.2 Å². The van der Waals surface area contributed by atoms with Crippen molar-refractivity contribution in [1.29, 1.82) is 0 Å². The summed E-state index contributed by atoms with van der Waals surface area (Å²) in [4.78, 5) is 12.8. The quantitative estimate of drug-likeness (QED) is 0.454. The van der Waals surface area contributed by atoms with E-state index in [1.807, 2.05) is 18.2 Å². The molecule has 2 aromatic rings. The number of carbonyl (C=O) groups excluding carboxylic acids is 1. The molecular weight excluding hydrogens is 378 g/mol. The number of carbonyl (C=O) groups is 1. The van der Waals surface area contributed by atoms with Gasteiger partial charge in [0.15, 0.2) is 0 Å². The Morgan fingerprint density at radius 3 is 2.50 bits per heavy atom. The van der Waals surface area contributed by atoms with Gasteiger partial charge in [0.2, 0.25) is 15.9 Å². The number of hydrazine groups is 1. The average Bonchev–Trinajstić information content (AvgIpc) is 2.74. The summed E-state index contributed by atoms with van der Waals surface area (Å²) in [6.07, 6.45) is 1.71. The molecule has 0 aliphatic carbocycles. The number of anilines is 1. The van der Waals surface area contributed by atoms with Crippen molar-refractivity contribution in [1.82, 2.24) is 4.31 Å². The SMILES string of the molecule is COc1ccc(S(=O)(=O)N2CCCC(CC(=O)N(N)c3ccccc3)C2)cc1.